The quantitative estimate of drug-likeness (QED) is 0.171. The predicted molar refractivity (Wildman–Crippen MR) is 131 cm³/mol. The van der Waals surface area contributed by atoms with E-state index >= 15 is 0 Å². The minimum absolute atomic E-state index is 0.0755. The number of allylic oxidation sites excluding steroid dienone is 1. The highest BCUT2D eigenvalue weighted by atomic mass is 16.7. The number of benzene rings is 2. The van der Waals surface area contributed by atoms with Crippen molar-refractivity contribution in [3.63, 3.8) is 0 Å². The molecule has 0 spiro atoms. The smallest absolute Gasteiger partial charge is 0.193 e. The largest absolute Gasteiger partial charge is 0.355 e. The zero-order valence-corrected chi connectivity index (χ0v) is 20.6. The third kappa shape index (κ3) is 4.33. The van der Waals surface area contributed by atoms with E-state index in [0.717, 1.165) is 47.9 Å². The lowest BCUT2D eigenvalue weighted by Gasteiger charge is -2.34. The number of carbonyl (C=O) groups is 1. The van der Waals surface area contributed by atoms with Crippen molar-refractivity contribution in [3.05, 3.63) is 81.9 Å². The number of hydrogen-bond acceptors (Lipinski definition) is 3. The molecule has 0 aliphatic heterocycles. The highest BCUT2D eigenvalue weighted by Crippen LogP contribution is 2.56. The monoisotopic (exact) mass is 434 g/mol. The van der Waals surface area contributed by atoms with Crippen molar-refractivity contribution in [1.29, 1.82) is 0 Å². The first kappa shape index (κ1) is 24.4. The molecule has 0 amide bonds. The lowest BCUT2D eigenvalue weighted by Crippen LogP contribution is -2.31. The Kier molecular flexibility index (Phi) is 7.74. The predicted octanol–water partition coefficient (Wildman–Crippen LogP) is 7.25. The van der Waals surface area contributed by atoms with Gasteiger partial charge in [0.2, 0.25) is 0 Å². The average Bonchev–Trinajstić information content (AvgIpc) is 2.98. The maximum atomic E-state index is 13.4. The first-order valence-corrected chi connectivity index (χ1v) is 12.0. The molecule has 2 aromatic carbocycles. The normalized spacial score (nSPS) is 23.5. The molecule has 172 valence electrons. The van der Waals surface area contributed by atoms with Gasteiger partial charge in [0.25, 0.3) is 0 Å². The van der Waals surface area contributed by atoms with Crippen molar-refractivity contribution in [1.82, 2.24) is 0 Å². The van der Waals surface area contributed by atoms with E-state index in [1.165, 1.54) is 11.1 Å². The van der Waals surface area contributed by atoms with E-state index in [-0.39, 0.29) is 18.0 Å². The molecule has 0 saturated carbocycles. The van der Waals surface area contributed by atoms with Gasteiger partial charge in [-0.15, -0.1) is 0 Å². The van der Waals surface area contributed by atoms with E-state index in [0.29, 0.717) is 6.61 Å². The molecule has 1 aliphatic rings. The number of aryl methyl sites for hydroxylation is 1. The summed E-state index contributed by atoms with van der Waals surface area (Å²) in [4.78, 5) is 13.4. The van der Waals surface area contributed by atoms with Gasteiger partial charge in [0.1, 0.15) is 12.4 Å². The topological polar surface area (TPSA) is 35.5 Å². The van der Waals surface area contributed by atoms with Gasteiger partial charge in [-0.05, 0) is 61.9 Å². The van der Waals surface area contributed by atoms with Gasteiger partial charge in [0.05, 0.1) is 0 Å². The van der Waals surface area contributed by atoms with Gasteiger partial charge in [-0.3, -0.25) is 4.79 Å². The van der Waals surface area contributed by atoms with E-state index in [4.69, 9.17) is 9.47 Å². The Morgan fingerprint density at radius 3 is 2.44 bits per heavy atom. The summed E-state index contributed by atoms with van der Waals surface area (Å²) in [6.07, 6.45) is 6.43. The zero-order chi connectivity index (χ0) is 23.4. The van der Waals surface area contributed by atoms with Crippen molar-refractivity contribution in [2.24, 2.45) is 0 Å². The van der Waals surface area contributed by atoms with Gasteiger partial charge >= 0.3 is 0 Å². The van der Waals surface area contributed by atoms with Crippen molar-refractivity contribution in [2.75, 3.05) is 13.4 Å². The van der Waals surface area contributed by atoms with Gasteiger partial charge in [-0.25, -0.2) is 0 Å². The van der Waals surface area contributed by atoms with Crippen LogP contribution in [0.5, 0.6) is 0 Å². The second kappa shape index (κ2) is 10.1. The standard InChI is InChI=1S/C29H38O3/c1-7-10-17-28(5)25-19-22(27(30)23-14-12-11-13-21(23)4)15-16-24(25)29(6,26(28)9-3)32-20-31-18-8-2/h9,11-16,19H,7-8,10,17-18,20H2,1-6H3/b26-9-/t28?,29-/m0/s1. The Labute approximate surface area is 193 Å². The Hall–Kier alpha value is -2.23. The number of ketones is 1. The summed E-state index contributed by atoms with van der Waals surface area (Å²) in [5.74, 6) is 0.0755. The molecule has 0 fully saturated rings. The van der Waals surface area contributed by atoms with E-state index in [9.17, 15) is 4.79 Å². The number of unbranched alkanes of at least 4 members (excludes halogenated alkanes) is 1. The minimum atomic E-state index is -0.565. The van der Waals surface area contributed by atoms with Crippen LogP contribution in [-0.4, -0.2) is 19.2 Å². The summed E-state index contributed by atoms with van der Waals surface area (Å²) in [6.45, 7) is 13.8. The highest BCUT2D eigenvalue weighted by molar-refractivity contribution is 6.10. The summed E-state index contributed by atoms with van der Waals surface area (Å²) in [6, 6.07) is 14.0. The van der Waals surface area contributed by atoms with Gasteiger partial charge in [0.15, 0.2) is 5.78 Å². The molecule has 0 N–H and O–H groups in total. The molecular weight excluding hydrogens is 396 g/mol. The van der Waals surface area contributed by atoms with Crippen LogP contribution in [-0.2, 0) is 20.5 Å². The van der Waals surface area contributed by atoms with Gasteiger partial charge in [-0.1, -0.05) is 76.1 Å². The molecular formula is C29H38O3. The molecule has 2 atom stereocenters. The van der Waals surface area contributed by atoms with Crippen molar-refractivity contribution in [3.8, 4) is 0 Å². The van der Waals surface area contributed by atoms with Crippen LogP contribution in [0.3, 0.4) is 0 Å². The zero-order valence-electron chi connectivity index (χ0n) is 20.6. The molecule has 0 saturated heterocycles. The third-order valence-electron chi connectivity index (χ3n) is 6.99. The average molecular weight is 435 g/mol. The van der Waals surface area contributed by atoms with Crippen LogP contribution in [0.15, 0.2) is 54.1 Å². The lowest BCUT2D eigenvalue weighted by molar-refractivity contribution is -0.123. The van der Waals surface area contributed by atoms with Crippen LogP contribution >= 0.6 is 0 Å². The lowest BCUT2D eigenvalue weighted by atomic mass is 9.74. The summed E-state index contributed by atoms with van der Waals surface area (Å²) in [5.41, 5.74) is 5.37. The van der Waals surface area contributed by atoms with Gasteiger partial charge in [0, 0.05) is 23.1 Å². The van der Waals surface area contributed by atoms with Crippen molar-refractivity contribution >= 4 is 5.78 Å². The SMILES string of the molecule is C/C=C1/C(C)(CCCC)c2cc(C(=O)c3ccccc3C)ccc2[C@]1(C)OCOCCC. The summed E-state index contributed by atoms with van der Waals surface area (Å²) < 4.78 is 12.1. The molecule has 2 aromatic rings. The molecule has 0 heterocycles. The number of ether oxygens (including phenoxy) is 2. The molecule has 3 nitrogen and oxygen atoms in total. The first-order valence-electron chi connectivity index (χ1n) is 12.0. The van der Waals surface area contributed by atoms with Crippen LogP contribution in [0, 0.1) is 6.92 Å². The fraction of sp³-hybridized carbons (Fsp3) is 0.483. The molecule has 0 radical (unpaired) electrons. The van der Waals surface area contributed by atoms with E-state index < -0.39 is 5.60 Å². The molecule has 3 rings (SSSR count). The summed E-state index contributed by atoms with van der Waals surface area (Å²) in [5, 5.41) is 0. The van der Waals surface area contributed by atoms with Crippen LogP contribution in [0.1, 0.15) is 92.9 Å². The highest BCUT2D eigenvalue weighted by Gasteiger charge is 2.52. The molecule has 0 aromatic heterocycles. The number of carbonyl (C=O) groups excluding carboxylic acids is 1. The van der Waals surface area contributed by atoms with Gasteiger partial charge < -0.3 is 9.47 Å². The summed E-state index contributed by atoms with van der Waals surface area (Å²) >= 11 is 0. The first-order chi connectivity index (χ1) is 15.3. The Balaban J connectivity index is 2.09. The van der Waals surface area contributed by atoms with E-state index in [1.54, 1.807) is 0 Å². The minimum Gasteiger partial charge on any atom is -0.355 e. The Morgan fingerprint density at radius 1 is 1.03 bits per heavy atom. The molecule has 3 heteroatoms. The second-order valence-electron chi connectivity index (χ2n) is 9.25. The third-order valence-corrected chi connectivity index (χ3v) is 6.99. The maximum absolute atomic E-state index is 13.4. The fourth-order valence-electron chi connectivity index (χ4n) is 5.27. The molecule has 1 aliphatic carbocycles. The molecule has 1 unspecified atom stereocenters. The number of hydrogen-bond donors (Lipinski definition) is 0. The van der Waals surface area contributed by atoms with Crippen molar-refractivity contribution in [2.45, 2.75) is 78.2 Å². The number of rotatable bonds is 10. The van der Waals surface area contributed by atoms with Crippen LogP contribution in [0.2, 0.25) is 0 Å². The van der Waals surface area contributed by atoms with E-state index in [2.05, 4.69) is 52.8 Å². The Morgan fingerprint density at radius 2 is 1.78 bits per heavy atom. The molecule has 0 bridgehead atoms. The number of fused-ring (bicyclic) bond motifs is 1. The Bertz CT molecular complexity index is 990. The van der Waals surface area contributed by atoms with Crippen LogP contribution < -0.4 is 0 Å². The molecule has 32 heavy (non-hydrogen) atoms. The summed E-state index contributed by atoms with van der Waals surface area (Å²) in [7, 11) is 0. The van der Waals surface area contributed by atoms with Crippen molar-refractivity contribution < 1.29 is 14.3 Å². The van der Waals surface area contributed by atoms with Gasteiger partial charge in [-0.2, -0.15) is 0 Å². The maximum Gasteiger partial charge on any atom is 0.193 e. The fourth-order valence-corrected chi connectivity index (χ4v) is 5.27. The van der Waals surface area contributed by atoms with Crippen LogP contribution in [0.25, 0.3) is 0 Å². The van der Waals surface area contributed by atoms with E-state index in [1.807, 2.05) is 37.3 Å². The second-order valence-corrected chi connectivity index (χ2v) is 9.25. The van der Waals surface area contributed by atoms with Crippen LogP contribution in [0.4, 0.5) is 0 Å².